The molecule has 0 aliphatic carbocycles. The first-order valence-electron chi connectivity index (χ1n) is 9.85. The minimum Gasteiger partial charge on any atom is -0.494 e. The van der Waals surface area contributed by atoms with Crippen LogP contribution in [0.25, 0.3) is 6.08 Å². The van der Waals surface area contributed by atoms with Gasteiger partial charge in [-0.1, -0.05) is 60.7 Å². The summed E-state index contributed by atoms with van der Waals surface area (Å²) in [6, 6.07) is 27.4. The molecule has 3 aromatic carbocycles. The fourth-order valence-electron chi connectivity index (χ4n) is 3.12. The van der Waals surface area contributed by atoms with Crippen LogP contribution in [0.2, 0.25) is 0 Å². The van der Waals surface area contributed by atoms with E-state index in [9.17, 15) is 4.79 Å². The van der Waals surface area contributed by atoms with Gasteiger partial charge < -0.3 is 4.74 Å². The van der Waals surface area contributed by atoms with E-state index < -0.39 is 0 Å². The minimum absolute atomic E-state index is 0.0413. The first-order chi connectivity index (χ1) is 14.7. The molecule has 3 aromatic rings. The third-order valence-corrected chi connectivity index (χ3v) is 5.53. The molecule has 0 unspecified atom stereocenters. The summed E-state index contributed by atoms with van der Waals surface area (Å²) in [5.74, 6) is 0.752. The average molecular weight is 415 g/mol. The van der Waals surface area contributed by atoms with Crippen molar-refractivity contribution in [2.45, 2.75) is 13.5 Å². The highest BCUT2D eigenvalue weighted by molar-refractivity contribution is 8.18. The molecular formula is C25H22N2O2S. The van der Waals surface area contributed by atoms with Crippen molar-refractivity contribution in [3.63, 3.8) is 0 Å². The second-order valence-corrected chi connectivity index (χ2v) is 7.73. The molecule has 1 amide bonds. The van der Waals surface area contributed by atoms with Crippen molar-refractivity contribution in [3.8, 4) is 5.75 Å². The summed E-state index contributed by atoms with van der Waals surface area (Å²) in [7, 11) is 0. The molecular weight excluding hydrogens is 392 g/mol. The number of hydrogen-bond acceptors (Lipinski definition) is 4. The van der Waals surface area contributed by atoms with Gasteiger partial charge in [0.25, 0.3) is 5.91 Å². The van der Waals surface area contributed by atoms with Crippen molar-refractivity contribution in [1.29, 1.82) is 0 Å². The standard InChI is InChI=1S/C25H22N2O2S/c1-2-29-22-15-9-12-20(16-22)17-23-24(28)27(18-19-10-5-3-6-11-19)25(30-23)26-21-13-7-4-8-14-21/h3-17H,2,18H2,1H3/b23-17+,26-25?. The van der Waals surface area contributed by atoms with Crippen LogP contribution in [-0.2, 0) is 11.3 Å². The SMILES string of the molecule is CCOc1cccc(/C=C2/SC(=Nc3ccccc3)N(Cc3ccccc3)C2=O)c1. The Hall–Kier alpha value is -3.31. The molecule has 1 aliphatic rings. The quantitative estimate of drug-likeness (QED) is 0.472. The molecule has 4 nitrogen and oxygen atoms in total. The van der Waals surface area contributed by atoms with Crippen molar-refractivity contribution in [3.05, 3.63) is 101 Å². The van der Waals surface area contributed by atoms with Crippen LogP contribution < -0.4 is 4.74 Å². The van der Waals surface area contributed by atoms with E-state index in [1.165, 1.54) is 11.8 Å². The molecule has 0 aromatic heterocycles. The largest absolute Gasteiger partial charge is 0.494 e. The lowest BCUT2D eigenvalue weighted by Crippen LogP contribution is -2.28. The Labute approximate surface area is 180 Å². The molecule has 30 heavy (non-hydrogen) atoms. The van der Waals surface area contributed by atoms with Crippen molar-refractivity contribution in [2.75, 3.05) is 6.61 Å². The van der Waals surface area contributed by atoms with E-state index in [2.05, 4.69) is 0 Å². The van der Waals surface area contributed by atoms with E-state index in [0.717, 1.165) is 22.6 Å². The molecule has 1 saturated heterocycles. The molecule has 0 spiro atoms. The maximum Gasteiger partial charge on any atom is 0.267 e. The first kappa shape index (κ1) is 20.0. The number of para-hydroxylation sites is 1. The van der Waals surface area contributed by atoms with Crippen LogP contribution in [0.3, 0.4) is 0 Å². The number of ether oxygens (including phenoxy) is 1. The molecule has 1 heterocycles. The van der Waals surface area contributed by atoms with Crippen LogP contribution in [0, 0.1) is 0 Å². The number of hydrogen-bond donors (Lipinski definition) is 0. The van der Waals surface area contributed by atoms with Crippen molar-refractivity contribution in [2.24, 2.45) is 4.99 Å². The Kier molecular flexibility index (Phi) is 6.30. The highest BCUT2D eigenvalue weighted by atomic mass is 32.2. The second-order valence-electron chi connectivity index (χ2n) is 6.72. The van der Waals surface area contributed by atoms with Gasteiger partial charge in [-0.15, -0.1) is 0 Å². The van der Waals surface area contributed by atoms with E-state index in [-0.39, 0.29) is 5.91 Å². The lowest BCUT2D eigenvalue weighted by atomic mass is 10.2. The Morgan fingerprint density at radius 2 is 1.70 bits per heavy atom. The van der Waals surface area contributed by atoms with Crippen LogP contribution in [0.4, 0.5) is 5.69 Å². The summed E-state index contributed by atoms with van der Waals surface area (Å²) in [5, 5.41) is 0.683. The highest BCUT2D eigenvalue weighted by Crippen LogP contribution is 2.35. The predicted octanol–water partition coefficient (Wildman–Crippen LogP) is 5.89. The van der Waals surface area contributed by atoms with Crippen LogP contribution in [0.1, 0.15) is 18.1 Å². The lowest BCUT2D eigenvalue weighted by Gasteiger charge is -2.15. The fourth-order valence-corrected chi connectivity index (χ4v) is 4.12. The minimum atomic E-state index is -0.0413. The van der Waals surface area contributed by atoms with Crippen molar-refractivity contribution < 1.29 is 9.53 Å². The van der Waals surface area contributed by atoms with E-state index in [0.29, 0.717) is 23.2 Å². The number of carbonyl (C=O) groups is 1. The van der Waals surface area contributed by atoms with Crippen LogP contribution >= 0.6 is 11.8 Å². The summed E-state index contributed by atoms with van der Waals surface area (Å²) in [6.07, 6.45) is 1.90. The molecule has 1 aliphatic heterocycles. The van der Waals surface area contributed by atoms with Gasteiger partial charge in [0.15, 0.2) is 5.17 Å². The molecule has 5 heteroatoms. The molecule has 150 valence electrons. The van der Waals surface area contributed by atoms with Gasteiger partial charge in [0.1, 0.15) is 5.75 Å². The molecule has 0 N–H and O–H groups in total. The predicted molar refractivity (Wildman–Crippen MR) is 124 cm³/mol. The Morgan fingerprint density at radius 1 is 0.967 bits per heavy atom. The second kappa shape index (κ2) is 9.46. The zero-order valence-corrected chi connectivity index (χ0v) is 17.5. The number of nitrogens with zero attached hydrogens (tertiary/aromatic N) is 2. The number of amidine groups is 1. The summed E-state index contributed by atoms with van der Waals surface area (Å²) in [4.78, 5) is 20.4. The van der Waals surface area contributed by atoms with E-state index in [1.54, 1.807) is 4.90 Å². The molecule has 0 atom stereocenters. The molecule has 0 bridgehead atoms. The third-order valence-electron chi connectivity index (χ3n) is 4.52. The van der Waals surface area contributed by atoms with E-state index in [1.807, 2.05) is 97.9 Å². The summed E-state index contributed by atoms with van der Waals surface area (Å²) < 4.78 is 5.58. The number of aliphatic imine (C=N–C) groups is 1. The van der Waals surface area contributed by atoms with Gasteiger partial charge in [-0.2, -0.15) is 0 Å². The number of carbonyl (C=O) groups excluding carboxylic acids is 1. The third kappa shape index (κ3) is 4.81. The Morgan fingerprint density at radius 3 is 2.43 bits per heavy atom. The number of benzene rings is 3. The van der Waals surface area contributed by atoms with Gasteiger partial charge in [-0.3, -0.25) is 9.69 Å². The highest BCUT2D eigenvalue weighted by Gasteiger charge is 2.33. The average Bonchev–Trinajstić information content (AvgIpc) is 3.04. The van der Waals surface area contributed by atoms with E-state index in [4.69, 9.17) is 9.73 Å². The van der Waals surface area contributed by atoms with Crippen molar-refractivity contribution in [1.82, 2.24) is 4.90 Å². The maximum atomic E-state index is 13.3. The van der Waals surface area contributed by atoms with Gasteiger partial charge >= 0.3 is 0 Å². The van der Waals surface area contributed by atoms with Crippen LogP contribution in [-0.4, -0.2) is 22.6 Å². The summed E-state index contributed by atoms with van der Waals surface area (Å²) in [5.41, 5.74) is 2.81. The zero-order chi connectivity index (χ0) is 20.8. The Bertz CT molecular complexity index is 1080. The monoisotopic (exact) mass is 414 g/mol. The van der Waals surface area contributed by atoms with Gasteiger partial charge in [-0.05, 0) is 60.2 Å². The number of amides is 1. The van der Waals surface area contributed by atoms with E-state index >= 15 is 0 Å². The maximum absolute atomic E-state index is 13.3. The van der Waals surface area contributed by atoms with Gasteiger partial charge in [0.05, 0.1) is 23.7 Å². The fraction of sp³-hybridized carbons (Fsp3) is 0.120. The van der Waals surface area contributed by atoms with Crippen LogP contribution in [0.15, 0.2) is 94.8 Å². The van der Waals surface area contributed by atoms with Crippen LogP contribution in [0.5, 0.6) is 5.75 Å². The zero-order valence-electron chi connectivity index (χ0n) is 16.7. The van der Waals surface area contributed by atoms with Gasteiger partial charge in [0.2, 0.25) is 0 Å². The van der Waals surface area contributed by atoms with Gasteiger partial charge in [0, 0.05) is 0 Å². The molecule has 1 fully saturated rings. The molecule has 4 rings (SSSR count). The molecule has 0 radical (unpaired) electrons. The topological polar surface area (TPSA) is 41.9 Å². The lowest BCUT2D eigenvalue weighted by molar-refractivity contribution is -0.122. The smallest absolute Gasteiger partial charge is 0.267 e. The number of thioether (sulfide) groups is 1. The molecule has 0 saturated carbocycles. The normalized spacial score (nSPS) is 16.4. The number of rotatable bonds is 6. The summed E-state index contributed by atoms with van der Waals surface area (Å²) in [6.45, 7) is 3.04. The Balaban J connectivity index is 1.67. The first-order valence-corrected chi connectivity index (χ1v) is 10.7. The van der Waals surface area contributed by atoms with Crippen molar-refractivity contribution >= 4 is 34.6 Å². The summed E-state index contributed by atoms with van der Waals surface area (Å²) >= 11 is 1.40. The van der Waals surface area contributed by atoms with Gasteiger partial charge in [-0.25, -0.2) is 4.99 Å².